The summed E-state index contributed by atoms with van der Waals surface area (Å²) in [6, 6.07) is 9.62. The van der Waals surface area contributed by atoms with Crippen LogP contribution in [0.5, 0.6) is 0 Å². The summed E-state index contributed by atoms with van der Waals surface area (Å²) >= 11 is -4.09. The number of benzene rings is 1. The van der Waals surface area contributed by atoms with E-state index in [2.05, 4.69) is 0 Å². The van der Waals surface area contributed by atoms with Gasteiger partial charge in [-0.05, 0) is 0 Å². The van der Waals surface area contributed by atoms with Gasteiger partial charge in [-0.1, -0.05) is 30.3 Å². The molecule has 0 atom stereocenters. The minimum atomic E-state index is -8.90. The zero-order valence-corrected chi connectivity index (χ0v) is 8.47. The second-order valence-electron chi connectivity index (χ2n) is 1.79. The summed E-state index contributed by atoms with van der Waals surface area (Å²) in [5.41, 5.74) is 0. The van der Waals surface area contributed by atoms with Crippen molar-refractivity contribution >= 4 is 12.6 Å². The van der Waals surface area contributed by atoms with Gasteiger partial charge >= 0.3 is 32.7 Å². The van der Waals surface area contributed by atoms with Crippen molar-refractivity contribution in [1.82, 2.24) is 0 Å². The van der Waals surface area contributed by atoms with Crippen LogP contribution in [0.15, 0.2) is 35.2 Å². The summed E-state index contributed by atoms with van der Waals surface area (Å²) in [5, 5.41) is 0. The first-order chi connectivity index (χ1) is 5.63. The van der Waals surface area contributed by atoms with Gasteiger partial charge in [-0.2, -0.15) is 4.90 Å². The quantitative estimate of drug-likeness (QED) is 0.400. The number of hydrogen-bond acceptors (Lipinski definition) is 1. The van der Waals surface area contributed by atoms with E-state index < -0.39 is 16.1 Å². The van der Waals surface area contributed by atoms with Gasteiger partial charge in [0.1, 0.15) is 0 Å². The van der Waals surface area contributed by atoms with Crippen LogP contribution in [0.1, 0.15) is 0 Å². The van der Waals surface area contributed by atoms with Gasteiger partial charge in [0.25, 0.3) is 0 Å². The van der Waals surface area contributed by atoms with Gasteiger partial charge in [0.05, 0.1) is 0 Å². The number of rotatable bonds is 0. The third kappa shape index (κ3) is 18.6. The monoisotopic (exact) mass is 307 g/mol. The zero-order chi connectivity index (χ0) is 10.6. The van der Waals surface area contributed by atoms with Crippen LogP contribution in [-0.4, -0.2) is 0 Å². The Balaban J connectivity index is 0.000000226. The molecule has 7 heteroatoms. The molecule has 0 saturated carbocycles. The van der Waals surface area contributed by atoms with Gasteiger partial charge < -0.3 is 12.6 Å². The molecule has 0 N–H and O–H groups in total. The fourth-order valence-corrected chi connectivity index (χ4v) is 0.578. The first-order valence-electron chi connectivity index (χ1n) is 2.74. The molecule has 0 aliphatic rings. The molecular formula is C6H5F5RhS-. The van der Waals surface area contributed by atoms with Gasteiger partial charge in [0.15, 0.2) is 0 Å². The zero-order valence-electron chi connectivity index (χ0n) is 6.02. The van der Waals surface area contributed by atoms with Gasteiger partial charge in [0.2, 0.25) is 0 Å². The Morgan fingerprint density at radius 2 is 1.15 bits per heavy atom. The van der Waals surface area contributed by atoms with Gasteiger partial charge in [0, 0.05) is 0 Å². The van der Waals surface area contributed by atoms with Gasteiger partial charge in [-0.25, -0.2) is 0 Å². The molecule has 0 radical (unpaired) electrons. The van der Waals surface area contributed by atoms with Crippen LogP contribution in [0.25, 0.3) is 0 Å². The van der Waals surface area contributed by atoms with Crippen LogP contribution in [0.3, 0.4) is 0 Å². The van der Waals surface area contributed by atoms with E-state index in [0.717, 1.165) is 4.90 Å². The molecule has 0 fully saturated rings. The van der Waals surface area contributed by atoms with Crippen molar-refractivity contribution in [3.05, 3.63) is 30.3 Å². The summed E-state index contributed by atoms with van der Waals surface area (Å²) in [7, 11) is 0. The van der Waals surface area contributed by atoms with Crippen molar-refractivity contribution in [2.75, 3.05) is 0 Å². The fourth-order valence-electron chi connectivity index (χ4n) is 0.420. The maximum absolute atomic E-state index is 9.88. The third-order valence-corrected chi connectivity index (χ3v) is 1.02. The smallest absolute Gasteiger partial charge is 0.0624 e. The molecule has 0 bridgehead atoms. The molecule has 0 saturated heterocycles. The molecule has 0 aliphatic heterocycles. The van der Waals surface area contributed by atoms with E-state index in [0.29, 0.717) is 0 Å². The van der Waals surface area contributed by atoms with Crippen molar-refractivity contribution in [2.45, 2.75) is 4.90 Å². The molecule has 0 spiro atoms. The Bertz CT molecular complexity index is 238. The van der Waals surface area contributed by atoms with E-state index in [4.69, 9.17) is 12.6 Å². The van der Waals surface area contributed by atoms with Gasteiger partial charge in [-0.3, -0.25) is 0 Å². The standard InChI is InChI=1S/C6H6S.5FH.Rh/c7-6-4-2-1-3-5-6;;;;;;/h1-5,7H;5*1H;/q;;;;;;+5/p-6. The van der Waals surface area contributed by atoms with Crippen molar-refractivity contribution < 1.29 is 32.7 Å². The second kappa shape index (κ2) is 4.28. The molecule has 0 amide bonds. The Hall–Kier alpha value is -0.287. The summed E-state index contributed by atoms with van der Waals surface area (Å²) in [6.07, 6.45) is 0. The molecular weight excluding hydrogens is 302 g/mol. The van der Waals surface area contributed by atoms with Crippen LogP contribution in [0, 0.1) is 0 Å². The average Bonchev–Trinajstić information content (AvgIpc) is 1.83. The van der Waals surface area contributed by atoms with E-state index in [1.165, 1.54) is 0 Å². The van der Waals surface area contributed by atoms with Crippen LogP contribution in [-0.2, 0) is 28.7 Å². The molecule has 0 unspecified atom stereocenters. The molecule has 0 aliphatic carbocycles. The molecule has 0 heterocycles. The second-order valence-corrected chi connectivity index (χ2v) is 4.60. The minimum Gasteiger partial charge on any atom is -0.780 e. The van der Waals surface area contributed by atoms with Crippen molar-refractivity contribution in [1.29, 1.82) is 0 Å². The SMILES string of the molecule is [F][Rh]([F])([F])([F])[F].[S-]c1ccccc1. The van der Waals surface area contributed by atoms with Crippen LogP contribution < -0.4 is 0 Å². The molecule has 80 valence electrons. The van der Waals surface area contributed by atoms with E-state index in [9.17, 15) is 16.6 Å². The largest absolute Gasteiger partial charge is 0.780 e. The summed E-state index contributed by atoms with van der Waals surface area (Å²) in [4.78, 5) is 0.905. The first kappa shape index (κ1) is 12.7. The number of hydrogen-bond donors (Lipinski definition) is 0. The Labute approximate surface area is 80.8 Å². The predicted octanol–water partition coefficient (Wildman–Crippen LogP) is 3.69. The number of halogens is 5. The van der Waals surface area contributed by atoms with E-state index >= 15 is 0 Å². The maximum atomic E-state index is 9.88. The van der Waals surface area contributed by atoms with Crippen molar-refractivity contribution in [3.8, 4) is 0 Å². The van der Waals surface area contributed by atoms with Crippen molar-refractivity contribution in [3.63, 3.8) is 0 Å². The van der Waals surface area contributed by atoms with Crippen LogP contribution >= 0.6 is 0 Å². The first-order valence-corrected chi connectivity index (χ1v) is 6.25. The van der Waals surface area contributed by atoms with Crippen LogP contribution in [0.4, 0.5) is 16.6 Å². The Kier molecular flexibility index (Phi) is 4.19. The molecule has 13 heavy (non-hydrogen) atoms. The Morgan fingerprint density at radius 3 is 1.31 bits per heavy atom. The molecule has 1 rings (SSSR count). The molecule has 1 aromatic rings. The molecule has 0 nitrogen and oxygen atoms in total. The molecule has 0 aromatic heterocycles. The normalized spacial score (nSPS) is 13.5. The molecule has 1 aromatic carbocycles. The third-order valence-electron chi connectivity index (χ3n) is 0.743. The average molecular weight is 307 g/mol. The summed E-state index contributed by atoms with van der Waals surface area (Å²) < 4.78 is 49.4. The predicted molar refractivity (Wildman–Crippen MR) is 37.6 cm³/mol. The van der Waals surface area contributed by atoms with E-state index in [1.807, 2.05) is 30.3 Å². The van der Waals surface area contributed by atoms with Crippen LogP contribution in [0.2, 0.25) is 0 Å². The summed E-state index contributed by atoms with van der Waals surface area (Å²) in [5.74, 6) is 0. The van der Waals surface area contributed by atoms with E-state index in [-0.39, 0.29) is 0 Å². The van der Waals surface area contributed by atoms with Crippen molar-refractivity contribution in [2.24, 2.45) is 0 Å². The Morgan fingerprint density at radius 1 is 0.846 bits per heavy atom. The minimum absolute atomic E-state index is 0.905. The van der Waals surface area contributed by atoms with Gasteiger partial charge in [-0.15, -0.1) is 0 Å². The van der Waals surface area contributed by atoms with E-state index in [1.54, 1.807) is 0 Å². The fraction of sp³-hybridized carbons (Fsp3) is 0. The maximum Gasteiger partial charge on any atom is -0.0624 e. The topological polar surface area (TPSA) is 0 Å². The summed E-state index contributed by atoms with van der Waals surface area (Å²) in [6.45, 7) is 0.